The second-order valence-electron chi connectivity index (χ2n) is 6.78. The fourth-order valence-electron chi connectivity index (χ4n) is 3.90. The Morgan fingerprint density at radius 1 is 1.24 bits per heavy atom. The molecule has 0 aromatic heterocycles. The molecule has 2 rings (SSSR count). The van der Waals surface area contributed by atoms with Crippen LogP contribution in [0.5, 0.6) is 0 Å². The van der Waals surface area contributed by atoms with Gasteiger partial charge in [0.2, 0.25) is 0 Å². The normalized spacial score (nSPS) is 37.8. The first-order chi connectivity index (χ1) is 8.01. The molecule has 1 aliphatic heterocycles. The first-order valence-corrected chi connectivity index (χ1v) is 7.46. The predicted octanol–water partition coefficient (Wildman–Crippen LogP) is 3.05. The lowest BCUT2D eigenvalue weighted by Gasteiger charge is -2.53. The molecule has 2 unspecified atom stereocenters. The van der Waals surface area contributed by atoms with Crippen molar-refractivity contribution in [2.75, 3.05) is 19.6 Å². The molecular weight excluding hydrogens is 210 g/mol. The smallest absolute Gasteiger partial charge is 0.0776 e. The molecule has 2 aliphatic rings. The third-order valence-electron chi connectivity index (χ3n) is 5.20. The molecule has 2 nitrogen and oxygen atoms in total. The number of hydrogen-bond acceptors (Lipinski definition) is 2. The van der Waals surface area contributed by atoms with Crippen molar-refractivity contribution in [1.29, 1.82) is 0 Å². The molecule has 0 spiro atoms. The molecule has 1 heterocycles. The third kappa shape index (κ3) is 2.85. The molecule has 2 fully saturated rings. The van der Waals surface area contributed by atoms with Crippen LogP contribution in [-0.2, 0) is 0 Å². The summed E-state index contributed by atoms with van der Waals surface area (Å²) in [5.41, 5.74) is 0.182. The lowest BCUT2D eigenvalue weighted by Crippen LogP contribution is -2.60. The molecule has 0 radical (unpaired) electrons. The average Bonchev–Trinajstić information content (AvgIpc) is 2.22. The number of rotatable bonds is 4. The Bertz CT molecular complexity index is 254. The van der Waals surface area contributed by atoms with Crippen molar-refractivity contribution in [2.24, 2.45) is 11.3 Å². The summed E-state index contributed by atoms with van der Waals surface area (Å²) in [4.78, 5) is 2.48. The number of hydrogen-bond donors (Lipinski definition) is 1. The third-order valence-corrected chi connectivity index (χ3v) is 5.20. The van der Waals surface area contributed by atoms with E-state index in [1.807, 2.05) is 0 Å². The zero-order valence-electron chi connectivity index (χ0n) is 11.8. The fourth-order valence-corrected chi connectivity index (χ4v) is 3.90. The summed E-state index contributed by atoms with van der Waals surface area (Å²) in [7, 11) is 0. The van der Waals surface area contributed by atoms with E-state index in [-0.39, 0.29) is 5.60 Å². The molecule has 1 saturated heterocycles. The van der Waals surface area contributed by atoms with Gasteiger partial charge in [0.25, 0.3) is 0 Å². The van der Waals surface area contributed by atoms with Crippen molar-refractivity contribution in [1.82, 2.24) is 4.90 Å². The highest BCUT2D eigenvalue weighted by molar-refractivity contribution is 4.97. The maximum Gasteiger partial charge on any atom is 0.0776 e. The first kappa shape index (κ1) is 13.4. The van der Waals surface area contributed by atoms with Crippen molar-refractivity contribution >= 4 is 0 Å². The maximum absolute atomic E-state index is 10.7. The average molecular weight is 239 g/mol. The highest BCUT2D eigenvalue weighted by atomic mass is 16.3. The first-order valence-electron chi connectivity index (χ1n) is 7.46. The molecule has 2 heteroatoms. The summed E-state index contributed by atoms with van der Waals surface area (Å²) in [6.07, 6.45) is 7.10. The van der Waals surface area contributed by atoms with E-state index in [2.05, 4.69) is 25.7 Å². The molecule has 1 aliphatic carbocycles. The zero-order chi connectivity index (χ0) is 12.5. The van der Waals surface area contributed by atoms with Crippen LogP contribution in [0.3, 0.4) is 0 Å². The lowest BCUT2D eigenvalue weighted by atomic mass is 9.73. The molecule has 1 N–H and O–H groups in total. The number of aliphatic hydroxyl groups is 1. The van der Waals surface area contributed by atoms with E-state index >= 15 is 0 Å². The summed E-state index contributed by atoms with van der Waals surface area (Å²) >= 11 is 0. The Hall–Kier alpha value is -0.0800. The zero-order valence-corrected chi connectivity index (χ0v) is 11.8. The Morgan fingerprint density at radius 2 is 1.88 bits per heavy atom. The van der Waals surface area contributed by atoms with Crippen LogP contribution in [0.15, 0.2) is 0 Å². The van der Waals surface area contributed by atoms with Crippen LogP contribution in [0.1, 0.15) is 59.3 Å². The van der Waals surface area contributed by atoms with E-state index < -0.39 is 0 Å². The second-order valence-corrected chi connectivity index (χ2v) is 6.78. The monoisotopic (exact) mass is 239 g/mol. The summed E-state index contributed by atoms with van der Waals surface area (Å²) in [6, 6.07) is 0. The number of β-amino-alcohol motifs (C(OH)–C–C–N with tert-alkyl or cyclic N) is 1. The maximum atomic E-state index is 10.7. The van der Waals surface area contributed by atoms with Crippen LogP contribution in [0.25, 0.3) is 0 Å². The van der Waals surface area contributed by atoms with Crippen LogP contribution < -0.4 is 0 Å². The lowest BCUT2D eigenvalue weighted by molar-refractivity contribution is -0.0916. The molecular formula is C15H29NO. The predicted molar refractivity (Wildman–Crippen MR) is 72.0 cm³/mol. The van der Waals surface area contributed by atoms with E-state index in [1.54, 1.807) is 0 Å². The second kappa shape index (κ2) is 4.89. The van der Waals surface area contributed by atoms with E-state index in [4.69, 9.17) is 0 Å². The van der Waals surface area contributed by atoms with Crippen molar-refractivity contribution in [3.8, 4) is 0 Å². The molecule has 2 atom stereocenters. The summed E-state index contributed by atoms with van der Waals surface area (Å²) < 4.78 is 0. The Labute approximate surface area is 106 Å². The summed E-state index contributed by atoms with van der Waals surface area (Å²) in [5.74, 6) is 0.706. The van der Waals surface area contributed by atoms with Gasteiger partial charge in [-0.2, -0.15) is 0 Å². The van der Waals surface area contributed by atoms with Gasteiger partial charge in [-0.1, -0.05) is 33.6 Å². The molecule has 0 bridgehead atoms. The topological polar surface area (TPSA) is 23.5 Å². The van der Waals surface area contributed by atoms with Gasteiger partial charge in [-0.25, -0.2) is 0 Å². The van der Waals surface area contributed by atoms with Gasteiger partial charge in [0, 0.05) is 19.6 Å². The van der Waals surface area contributed by atoms with Crippen LogP contribution in [0.2, 0.25) is 0 Å². The molecule has 17 heavy (non-hydrogen) atoms. The minimum atomic E-state index is -0.384. The summed E-state index contributed by atoms with van der Waals surface area (Å²) in [6.45, 7) is 10.2. The minimum absolute atomic E-state index is 0.384. The Morgan fingerprint density at radius 3 is 2.41 bits per heavy atom. The fraction of sp³-hybridized carbons (Fsp3) is 1.00. The van der Waals surface area contributed by atoms with Gasteiger partial charge in [-0.3, -0.25) is 4.90 Å². The quantitative estimate of drug-likeness (QED) is 0.815. The van der Waals surface area contributed by atoms with Gasteiger partial charge in [0.15, 0.2) is 0 Å². The van der Waals surface area contributed by atoms with Crippen LogP contribution in [-0.4, -0.2) is 35.2 Å². The van der Waals surface area contributed by atoms with Gasteiger partial charge in [-0.15, -0.1) is 0 Å². The van der Waals surface area contributed by atoms with Crippen molar-refractivity contribution in [2.45, 2.75) is 64.9 Å². The van der Waals surface area contributed by atoms with Crippen LogP contribution >= 0.6 is 0 Å². The molecule has 1 saturated carbocycles. The number of nitrogens with zero attached hydrogens (tertiary/aromatic N) is 1. The van der Waals surface area contributed by atoms with Crippen molar-refractivity contribution in [3.63, 3.8) is 0 Å². The largest absolute Gasteiger partial charge is 0.389 e. The van der Waals surface area contributed by atoms with E-state index in [0.717, 1.165) is 19.4 Å². The van der Waals surface area contributed by atoms with Crippen molar-refractivity contribution in [3.05, 3.63) is 0 Å². The van der Waals surface area contributed by atoms with E-state index in [1.165, 1.54) is 38.8 Å². The standard InChI is InChI=1S/C15H29NO/c1-4-14(5-2)10-16(11-14)12-15(17)8-6-7-13(3)9-15/h13,17H,4-12H2,1-3H3. The van der Waals surface area contributed by atoms with Gasteiger partial charge >= 0.3 is 0 Å². The highest BCUT2D eigenvalue weighted by Crippen LogP contribution is 2.40. The Kier molecular flexibility index (Phi) is 3.84. The van der Waals surface area contributed by atoms with Gasteiger partial charge < -0.3 is 5.11 Å². The van der Waals surface area contributed by atoms with Gasteiger partial charge in [0.05, 0.1) is 5.60 Å². The molecule has 0 amide bonds. The minimum Gasteiger partial charge on any atom is -0.389 e. The van der Waals surface area contributed by atoms with Gasteiger partial charge in [0.1, 0.15) is 0 Å². The highest BCUT2D eigenvalue weighted by Gasteiger charge is 2.43. The van der Waals surface area contributed by atoms with Crippen LogP contribution in [0, 0.1) is 11.3 Å². The van der Waals surface area contributed by atoms with E-state index in [9.17, 15) is 5.11 Å². The molecule has 0 aromatic carbocycles. The number of likely N-dealkylation sites (tertiary alicyclic amines) is 1. The van der Waals surface area contributed by atoms with Crippen molar-refractivity contribution < 1.29 is 5.11 Å². The van der Waals surface area contributed by atoms with E-state index in [0.29, 0.717) is 11.3 Å². The molecule has 0 aromatic rings. The Balaban J connectivity index is 1.83. The van der Waals surface area contributed by atoms with Crippen LogP contribution in [0.4, 0.5) is 0 Å². The molecule has 100 valence electrons. The van der Waals surface area contributed by atoms with Gasteiger partial charge in [-0.05, 0) is 37.0 Å². The summed E-state index contributed by atoms with van der Waals surface area (Å²) in [5, 5.41) is 10.7. The SMILES string of the molecule is CCC1(CC)CN(CC2(O)CCCC(C)C2)C1.